The minimum atomic E-state index is 0.310. The van der Waals surface area contributed by atoms with Crippen LogP contribution in [0, 0.1) is 0 Å². The molecule has 0 amide bonds. The van der Waals surface area contributed by atoms with Gasteiger partial charge in [-0.05, 0) is 52.9 Å². The highest BCUT2D eigenvalue weighted by Gasteiger charge is 2.15. The van der Waals surface area contributed by atoms with Gasteiger partial charge < -0.3 is 5.32 Å². The van der Waals surface area contributed by atoms with Gasteiger partial charge in [-0.25, -0.2) is 0 Å². The van der Waals surface area contributed by atoms with Gasteiger partial charge in [-0.2, -0.15) is 0 Å². The molecule has 0 saturated carbocycles. The molecule has 2 atom stereocenters. The molecule has 96 valence electrons. The molecule has 2 rings (SSSR count). The van der Waals surface area contributed by atoms with Crippen LogP contribution in [0.15, 0.2) is 44.7 Å². The van der Waals surface area contributed by atoms with Gasteiger partial charge in [-0.3, -0.25) is 0 Å². The summed E-state index contributed by atoms with van der Waals surface area (Å²) in [6, 6.07) is 11.1. The minimum absolute atomic E-state index is 0.310. The molecule has 18 heavy (non-hydrogen) atoms. The van der Waals surface area contributed by atoms with Gasteiger partial charge in [0, 0.05) is 25.9 Å². The number of hydrogen-bond donors (Lipinski definition) is 1. The molecule has 1 aromatic carbocycles. The molecule has 0 saturated heterocycles. The van der Waals surface area contributed by atoms with E-state index < -0.39 is 0 Å². The molecule has 0 aliphatic heterocycles. The Morgan fingerprint density at radius 2 is 1.72 bits per heavy atom. The fourth-order valence-electron chi connectivity index (χ4n) is 1.98. The molecule has 4 heteroatoms. The summed E-state index contributed by atoms with van der Waals surface area (Å²) in [5.41, 5.74) is 1.29. The van der Waals surface area contributed by atoms with Crippen LogP contribution >= 0.6 is 43.2 Å². The summed E-state index contributed by atoms with van der Waals surface area (Å²) in [5.74, 6) is 0. The lowest BCUT2D eigenvalue weighted by molar-refractivity contribution is 0.498. The molecule has 1 N–H and O–H groups in total. The van der Waals surface area contributed by atoms with Gasteiger partial charge in [0.15, 0.2) is 0 Å². The zero-order chi connectivity index (χ0) is 13.1. The highest BCUT2D eigenvalue weighted by Crippen LogP contribution is 2.31. The van der Waals surface area contributed by atoms with Crippen molar-refractivity contribution in [2.24, 2.45) is 0 Å². The van der Waals surface area contributed by atoms with Crippen LogP contribution in [-0.2, 0) is 0 Å². The normalized spacial score (nSPS) is 14.4. The zero-order valence-electron chi connectivity index (χ0n) is 10.3. The van der Waals surface area contributed by atoms with E-state index in [1.807, 2.05) is 6.07 Å². The van der Waals surface area contributed by atoms with Gasteiger partial charge in [0.1, 0.15) is 0 Å². The lowest BCUT2D eigenvalue weighted by atomic mass is 10.1. The van der Waals surface area contributed by atoms with Crippen molar-refractivity contribution >= 4 is 43.2 Å². The van der Waals surface area contributed by atoms with E-state index in [-0.39, 0.29) is 0 Å². The number of hydrogen-bond acceptors (Lipinski definition) is 2. The first kappa shape index (κ1) is 14.3. The van der Waals surface area contributed by atoms with Crippen LogP contribution in [-0.4, -0.2) is 0 Å². The SMILES string of the molecule is CC(N[C@H](C)c1ccccc1Br)c1sccc1Br. The van der Waals surface area contributed by atoms with Crippen molar-refractivity contribution in [2.75, 3.05) is 0 Å². The summed E-state index contributed by atoms with van der Waals surface area (Å²) >= 11 is 8.97. The van der Waals surface area contributed by atoms with Gasteiger partial charge in [0.05, 0.1) is 0 Å². The second-order valence-corrected chi connectivity index (χ2v) is 6.92. The Morgan fingerprint density at radius 1 is 1.00 bits per heavy atom. The second-order valence-electron chi connectivity index (χ2n) is 4.26. The Hall–Kier alpha value is -0.160. The van der Waals surface area contributed by atoms with Crippen LogP contribution in [0.2, 0.25) is 0 Å². The molecule has 1 unspecified atom stereocenters. The van der Waals surface area contributed by atoms with E-state index in [9.17, 15) is 0 Å². The number of nitrogens with one attached hydrogen (secondary N) is 1. The van der Waals surface area contributed by atoms with E-state index in [4.69, 9.17) is 0 Å². The molecule has 2 aromatic rings. The summed E-state index contributed by atoms with van der Waals surface area (Å²) in [5, 5.41) is 5.74. The van der Waals surface area contributed by atoms with E-state index in [1.165, 1.54) is 14.9 Å². The van der Waals surface area contributed by atoms with E-state index in [1.54, 1.807) is 11.3 Å². The maximum Gasteiger partial charge on any atom is 0.0402 e. The first-order valence-corrected chi connectivity index (χ1v) is 8.29. The number of rotatable bonds is 4. The summed E-state index contributed by atoms with van der Waals surface area (Å²) in [7, 11) is 0. The van der Waals surface area contributed by atoms with E-state index >= 15 is 0 Å². The third-order valence-electron chi connectivity index (χ3n) is 2.91. The maximum atomic E-state index is 3.63. The molecule has 0 aliphatic carbocycles. The molecule has 1 nitrogen and oxygen atoms in total. The predicted molar refractivity (Wildman–Crippen MR) is 86.1 cm³/mol. The number of thiophene rings is 1. The van der Waals surface area contributed by atoms with Crippen LogP contribution < -0.4 is 5.32 Å². The fourth-order valence-corrected chi connectivity index (χ4v) is 4.34. The quantitative estimate of drug-likeness (QED) is 0.709. The molecule has 0 radical (unpaired) electrons. The highest BCUT2D eigenvalue weighted by molar-refractivity contribution is 9.10. The van der Waals surface area contributed by atoms with E-state index in [0.29, 0.717) is 12.1 Å². The number of benzene rings is 1. The first-order valence-electron chi connectivity index (χ1n) is 5.83. The van der Waals surface area contributed by atoms with Crippen molar-refractivity contribution in [1.29, 1.82) is 0 Å². The van der Waals surface area contributed by atoms with Crippen LogP contribution in [0.4, 0.5) is 0 Å². The van der Waals surface area contributed by atoms with Gasteiger partial charge in [-0.15, -0.1) is 11.3 Å². The second kappa shape index (κ2) is 6.33. The smallest absolute Gasteiger partial charge is 0.0402 e. The van der Waals surface area contributed by atoms with Crippen LogP contribution in [0.25, 0.3) is 0 Å². The van der Waals surface area contributed by atoms with Crippen LogP contribution in [0.3, 0.4) is 0 Å². The average Bonchev–Trinajstić information content (AvgIpc) is 2.76. The topological polar surface area (TPSA) is 12.0 Å². The Kier molecular flexibility index (Phi) is 5.01. The number of halogens is 2. The fraction of sp³-hybridized carbons (Fsp3) is 0.286. The predicted octanol–water partition coefficient (Wildman–Crippen LogP) is 5.68. The molecule has 0 bridgehead atoms. The lowest BCUT2D eigenvalue weighted by Crippen LogP contribution is -2.22. The van der Waals surface area contributed by atoms with Gasteiger partial charge in [-0.1, -0.05) is 34.1 Å². The summed E-state index contributed by atoms with van der Waals surface area (Å²) in [4.78, 5) is 1.34. The minimum Gasteiger partial charge on any atom is -0.303 e. The molecular formula is C14H15Br2NS. The highest BCUT2D eigenvalue weighted by atomic mass is 79.9. The standard InChI is InChI=1S/C14H15Br2NS/c1-9(11-5-3-4-6-12(11)15)17-10(2)14-13(16)7-8-18-14/h3-10,17H,1-2H3/t9-,10?/m1/s1. The van der Waals surface area contributed by atoms with Gasteiger partial charge in [0.2, 0.25) is 0 Å². The summed E-state index contributed by atoms with van der Waals surface area (Å²) in [6.07, 6.45) is 0. The van der Waals surface area contributed by atoms with Crippen molar-refractivity contribution in [1.82, 2.24) is 5.32 Å². The Bertz CT molecular complexity index is 524. The van der Waals surface area contributed by atoms with Gasteiger partial charge in [0.25, 0.3) is 0 Å². The van der Waals surface area contributed by atoms with Crippen molar-refractivity contribution < 1.29 is 0 Å². The van der Waals surface area contributed by atoms with Crippen molar-refractivity contribution in [3.8, 4) is 0 Å². The molecule has 1 heterocycles. The van der Waals surface area contributed by atoms with Crippen molar-refractivity contribution in [3.05, 3.63) is 55.1 Å². The van der Waals surface area contributed by atoms with Crippen LogP contribution in [0.5, 0.6) is 0 Å². The van der Waals surface area contributed by atoms with Crippen molar-refractivity contribution in [3.63, 3.8) is 0 Å². The molecule has 0 aliphatic rings. The average molecular weight is 389 g/mol. The van der Waals surface area contributed by atoms with Crippen LogP contribution in [0.1, 0.15) is 36.4 Å². The lowest BCUT2D eigenvalue weighted by Gasteiger charge is -2.21. The first-order chi connectivity index (χ1) is 8.59. The van der Waals surface area contributed by atoms with E-state index in [0.717, 1.165) is 4.47 Å². The summed E-state index contributed by atoms with van der Waals surface area (Å²) in [6.45, 7) is 4.39. The zero-order valence-corrected chi connectivity index (χ0v) is 14.3. The Morgan fingerprint density at radius 3 is 2.33 bits per heavy atom. The molecule has 1 aromatic heterocycles. The third-order valence-corrected chi connectivity index (χ3v) is 5.69. The van der Waals surface area contributed by atoms with Crippen molar-refractivity contribution in [2.45, 2.75) is 25.9 Å². The maximum absolute atomic E-state index is 3.63. The molecular weight excluding hydrogens is 374 g/mol. The molecule has 0 fully saturated rings. The molecule has 0 spiro atoms. The Labute approximate surface area is 129 Å². The summed E-state index contributed by atoms with van der Waals surface area (Å²) < 4.78 is 2.34. The Balaban J connectivity index is 2.11. The third kappa shape index (κ3) is 3.23. The monoisotopic (exact) mass is 387 g/mol. The largest absolute Gasteiger partial charge is 0.303 e. The van der Waals surface area contributed by atoms with E-state index in [2.05, 4.69) is 80.7 Å². The van der Waals surface area contributed by atoms with Gasteiger partial charge >= 0.3 is 0 Å².